The molecular formula is C14H14ClNO. The highest BCUT2D eigenvalue weighted by Crippen LogP contribution is 2.25. The highest BCUT2D eigenvalue weighted by Gasteiger charge is 2.01. The molecule has 2 aromatic rings. The molecule has 17 heavy (non-hydrogen) atoms. The maximum absolute atomic E-state index is 5.98. The lowest BCUT2D eigenvalue weighted by molar-refractivity contribution is 0.415. The molecular weight excluding hydrogens is 234 g/mol. The summed E-state index contributed by atoms with van der Waals surface area (Å²) in [5.74, 6) is 0.828. The molecule has 88 valence electrons. The van der Waals surface area contributed by atoms with Crippen molar-refractivity contribution in [2.75, 3.05) is 12.4 Å². The Hall–Kier alpha value is -1.67. The summed E-state index contributed by atoms with van der Waals surface area (Å²) < 4.78 is 5.18. The molecule has 0 saturated carbocycles. The predicted octanol–water partition coefficient (Wildman–Crippen LogP) is 4.40. The first-order valence-corrected chi connectivity index (χ1v) is 5.74. The fraction of sp³-hybridized carbons (Fsp3) is 0.143. The summed E-state index contributed by atoms with van der Waals surface area (Å²) in [6.07, 6.45) is 0. The molecule has 0 spiro atoms. The number of ether oxygens (including phenoxy) is 1. The van der Waals surface area contributed by atoms with E-state index in [1.54, 1.807) is 7.11 Å². The summed E-state index contributed by atoms with van der Waals surface area (Å²) in [6, 6.07) is 13.6. The molecule has 0 unspecified atom stereocenters. The van der Waals surface area contributed by atoms with Crippen molar-refractivity contribution in [3.8, 4) is 5.75 Å². The van der Waals surface area contributed by atoms with E-state index >= 15 is 0 Å². The van der Waals surface area contributed by atoms with Crippen LogP contribution in [0.5, 0.6) is 5.75 Å². The van der Waals surface area contributed by atoms with Crippen molar-refractivity contribution in [2.24, 2.45) is 0 Å². The molecule has 2 aromatic carbocycles. The molecule has 0 aliphatic carbocycles. The van der Waals surface area contributed by atoms with Crippen LogP contribution >= 0.6 is 11.6 Å². The zero-order valence-corrected chi connectivity index (χ0v) is 10.6. The summed E-state index contributed by atoms with van der Waals surface area (Å²) >= 11 is 5.98. The number of benzene rings is 2. The third-order valence-corrected chi connectivity index (χ3v) is 2.78. The molecule has 0 aliphatic heterocycles. The Balaban J connectivity index is 2.27. The van der Waals surface area contributed by atoms with Crippen LogP contribution in [-0.2, 0) is 0 Å². The average molecular weight is 248 g/mol. The lowest BCUT2D eigenvalue weighted by atomic mass is 10.2. The van der Waals surface area contributed by atoms with Gasteiger partial charge in [-0.3, -0.25) is 0 Å². The van der Waals surface area contributed by atoms with Gasteiger partial charge in [-0.15, -0.1) is 0 Å². The van der Waals surface area contributed by atoms with Gasteiger partial charge in [0.05, 0.1) is 7.11 Å². The fourth-order valence-electron chi connectivity index (χ4n) is 1.59. The monoisotopic (exact) mass is 247 g/mol. The Labute approximate surface area is 106 Å². The van der Waals surface area contributed by atoms with Crippen molar-refractivity contribution in [3.05, 3.63) is 53.1 Å². The number of halogens is 1. The van der Waals surface area contributed by atoms with E-state index in [4.69, 9.17) is 16.3 Å². The van der Waals surface area contributed by atoms with Crippen LogP contribution < -0.4 is 10.1 Å². The zero-order valence-electron chi connectivity index (χ0n) is 9.83. The first-order chi connectivity index (χ1) is 8.19. The van der Waals surface area contributed by atoms with Crippen LogP contribution in [0, 0.1) is 6.92 Å². The van der Waals surface area contributed by atoms with Crippen molar-refractivity contribution >= 4 is 23.0 Å². The summed E-state index contributed by atoms with van der Waals surface area (Å²) in [5.41, 5.74) is 3.14. The molecule has 0 heterocycles. The van der Waals surface area contributed by atoms with E-state index in [0.29, 0.717) is 0 Å². The second-order valence-electron chi connectivity index (χ2n) is 3.82. The lowest BCUT2D eigenvalue weighted by Gasteiger charge is -2.10. The van der Waals surface area contributed by atoms with Crippen molar-refractivity contribution in [3.63, 3.8) is 0 Å². The number of hydrogen-bond acceptors (Lipinski definition) is 2. The minimum Gasteiger partial charge on any atom is -0.497 e. The van der Waals surface area contributed by atoms with E-state index in [0.717, 1.165) is 27.7 Å². The second kappa shape index (κ2) is 5.11. The van der Waals surface area contributed by atoms with Crippen LogP contribution in [0.3, 0.4) is 0 Å². The van der Waals surface area contributed by atoms with Gasteiger partial charge in [-0.25, -0.2) is 0 Å². The van der Waals surface area contributed by atoms with Gasteiger partial charge in [-0.1, -0.05) is 23.7 Å². The number of hydrogen-bond donors (Lipinski definition) is 1. The third kappa shape index (κ3) is 2.92. The first kappa shape index (κ1) is 11.8. The first-order valence-electron chi connectivity index (χ1n) is 5.36. The summed E-state index contributed by atoms with van der Waals surface area (Å²) in [5, 5.41) is 4.05. The average Bonchev–Trinajstić information content (AvgIpc) is 2.34. The van der Waals surface area contributed by atoms with E-state index < -0.39 is 0 Å². The van der Waals surface area contributed by atoms with E-state index in [2.05, 4.69) is 5.32 Å². The van der Waals surface area contributed by atoms with Crippen LogP contribution in [0.15, 0.2) is 42.5 Å². The maximum atomic E-state index is 5.98. The lowest BCUT2D eigenvalue weighted by Crippen LogP contribution is -1.93. The maximum Gasteiger partial charge on any atom is 0.120 e. The normalized spacial score (nSPS) is 10.1. The molecule has 0 aliphatic rings. The van der Waals surface area contributed by atoms with Gasteiger partial charge in [0.15, 0.2) is 0 Å². The molecule has 0 fully saturated rings. The van der Waals surface area contributed by atoms with Crippen LogP contribution in [0.25, 0.3) is 0 Å². The highest BCUT2D eigenvalue weighted by molar-refractivity contribution is 6.30. The molecule has 0 atom stereocenters. The molecule has 1 N–H and O–H groups in total. The van der Waals surface area contributed by atoms with Gasteiger partial charge in [-0.05, 0) is 36.8 Å². The van der Waals surface area contributed by atoms with E-state index in [-0.39, 0.29) is 0 Å². The molecule has 2 rings (SSSR count). The van der Waals surface area contributed by atoms with Gasteiger partial charge in [0, 0.05) is 22.5 Å². The predicted molar refractivity (Wildman–Crippen MR) is 72.5 cm³/mol. The molecule has 3 heteroatoms. The molecule has 0 radical (unpaired) electrons. The van der Waals surface area contributed by atoms with Crippen LogP contribution in [0.2, 0.25) is 5.02 Å². The molecule has 0 bridgehead atoms. The number of anilines is 2. The topological polar surface area (TPSA) is 21.3 Å². The minimum absolute atomic E-state index is 0.723. The van der Waals surface area contributed by atoms with E-state index in [1.807, 2.05) is 49.4 Å². The Kier molecular flexibility index (Phi) is 3.55. The molecule has 0 aromatic heterocycles. The van der Waals surface area contributed by atoms with Crippen molar-refractivity contribution in [1.29, 1.82) is 0 Å². The van der Waals surface area contributed by atoms with Gasteiger partial charge in [0.25, 0.3) is 0 Å². The summed E-state index contributed by atoms with van der Waals surface area (Å²) in [6.45, 7) is 2.04. The Morgan fingerprint density at radius 1 is 1.12 bits per heavy atom. The standard InChI is InChI=1S/C14H14ClNO/c1-10-6-7-11(15)8-14(10)16-12-4-3-5-13(9-12)17-2/h3-9,16H,1-2H3. The Bertz CT molecular complexity index is 525. The SMILES string of the molecule is COc1cccc(Nc2cc(Cl)ccc2C)c1. The van der Waals surface area contributed by atoms with Crippen molar-refractivity contribution < 1.29 is 4.74 Å². The highest BCUT2D eigenvalue weighted by atomic mass is 35.5. The number of nitrogens with one attached hydrogen (secondary N) is 1. The quantitative estimate of drug-likeness (QED) is 0.868. The summed E-state index contributed by atoms with van der Waals surface area (Å²) in [4.78, 5) is 0. The van der Waals surface area contributed by atoms with Crippen LogP contribution in [-0.4, -0.2) is 7.11 Å². The molecule has 2 nitrogen and oxygen atoms in total. The van der Waals surface area contributed by atoms with Crippen molar-refractivity contribution in [2.45, 2.75) is 6.92 Å². The number of aryl methyl sites for hydroxylation is 1. The van der Waals surface area contributed by atoms with Gasteiger partial charge in [0.1, 0.15) is 5.75 Å². The molecule has 0 amide bonds. The third-order valence-electron chi connectivity index (χ3n) is 2.55. The smallest absolute Gasteiger partial charge is 0.120 e. The van der Waals surface area contributed by atoms with E-state index in [1.165, 1.54) is 0 Å². The minimum atomic E-state index is 0.723. The molecule has 0 saturated heterocycles. The number of methoxy groups -OCH3 is 1. The van der Waals surface area contributed by atoms with Crippen molar-refractivity contribution in [1.82, 2.24) is 0 Å². The van der Waals surface area contributed by atoms with E-state index in [9.17, 15) is 0 Å². The van der Waals surface area contributed by atoms with Gasteiger partial charge in [0.2, 0.25) is 0 Å². The second-order valence-corrected chi connectivity index (χ2v) is 4.25. The largest absolute Gasteiger partial charge is 0.497 e. The van der Waals surface area contributed by atoms with Gasteiger partial charge in [-0.2, -0.15) is 0 Å². The Morgan fingerprint density at radius 2 is 1.94 bits per heavy atom. The number of rotatable bonds is 3. The fourth-order valence-corrected chi connectivity index (χ4v) is 1.76. The Morgan fingerprint density at radius 3 is 2.71 bits per heavy atom. The zero-order chi connectivity index (χ0) is 12.3. The summed E-state index contributed by atoms with van der Waals surface area (Å²) in [7, 11) is 1.66. The van der Waals surface area contributed by atoms with Gasteiger partial charge >= 0.3 is 0 Å². The van der Waals surface area contributed by atoms with Gasteiger partial charge < -0.3 is 10.1 Å². The van der Waals surface area contributed by atoms with Crippen LogP contribution in [0.1, 0.15) is 5.56 Å². The van der Waals surface area contributed by atoms with Crippen LogP contribution in [0.4, 0.5) is 11.4 Å².